The molecular weight excluding hydrogens is 248 g/mol. The number of hydrogen-bond donors (Lipinski definition) is 2. The van der Waals surface area contributed by atoms with Crippen LogP contribution in [-0.2, 0) is 0 Å². The fraction of sp³-hybridized carbons (Fsp3) is 0.500. The number of amidine groups is 1. The number of allylic oxidation sites excluding steroid dienone is 2. The van der Waals surface area contributed by atoms with Gasteiger partial charge in [0.25, 0.3) is 0 Å². The molecule has 3 aliphatic heterocycles. The number of rotatable bonds is 2. The SMILES string of the molecule is C1=N[NH2+]C=C1C1=CNC2=NC=C(C3CCCCC3)CC12. The van der Waals surface area contributed by atoms with E-state index in [0.29, 0.717) is 5.92 Å². The molecule has 0 aromatic rings. The quantitative estimate of drug-likeness (QED) is 0.738. The minimum Gasteiger partial charge on any atom is -0.349 e. The number of hydrogen-bond acceptors (Lipinski definition) is 3. The second-order valence-electron chi connectivity index (χ2n) is 6.10. The van der Waals surface area contributed by atoms with Gasteiger partial charge in [-0.05, 0) is 36.3 Å². The summed E-state index contributed by atoms with van der Waals surface area (Å²) in [5, 5.41) is 7.53. The summed E-state index contributed by atoms with van der Waals surface area (Å²) >= 11 is 0. The minimum atomic E-state index is 0.418. The number of aliphatic imine (C=N–C) groups is 1. The van der Waals surface area contributed by atoms with Gasteiger partial charge in [-0.25, -0.2) is 4.99 Å². The van der Waals surface area contributed by atoms with E-state index in [2.05, 4.69) is 34.0 Å². The van der Waals surface area contributed by atoms with E-state index in [0.717, 1.165) is 18.2 Å². The molecule has 3 heterocycles. The van der Waals surface area contributed by atoms with Crippen molar-refractivity contribution in [2.45, 2.75) is 38.5 Å². The Labute approximate surface area is 119 Å². The molecule has 0 saturated heterocycles. The van der Waals surface area contributed by atoms with Crippen LogP contribution in [0.25, 0.3) is 0 Å². The summed E-state index contributed by atoms with van der Waals surface area (Å²) < 4.78 is 0. The number of nitrogens with two attached hydrogens (primary N) is 1. The summed E-state index contributed by atoms with van der Waals surface area (Å²) in [5.74, 6) is 2.30. The van der Waals surface area contributed by atoms with Crippen LogP contribution in [0.1, 0.15) is 38.5 Å². The van der Waals surface area contributed by atoms with E-state index < -0.39 is 0 Å². The Morgan fingerprint density at radius 2 is 2.10 bits per heavy atom. The van der Waals surface area contributed by atoms with Crippen LogP contribution in [-0.4, -0.2) is 12.1 Å². The van der Waals surface area contributed by atoms with Crippen molar-refractivity contribution >= 4 is 12.1 Å². The van der Waals surface area contributed by atoms with E-state index in [9.17, 15) is 0 Å². The Kier molecular flexibility index (Phi) is 3.03. The first-order valence-corrected chi connectivity index (χ1v) is 7.72. The smallest absolute Gasteiger partial charge is 0.128 e. The lowest BCUT2D eigenvalue weighted by Gasteiger charge is -2.28. The molecule has 0 amide bonds. The number of quaternary nitrogens is 1. The average molecular weight is 269 g/mol. The number of nitrogens with one attached hydrogen (secondary N) is 1. The van der Waals surface area contributed by atoms with Crippen LogP contribution in [0.5, 0.6) is 0 Å². The summed E-state index contributed by atoms with van der Waals surface area (Å²) in [6.45, 7) is 0. The Morgan fingerprint density at radius 1 is 1.20 bits per heavy atom. The van der Waals surface area contributed by atoms with Gasteiger partial charge in [0.1, 0.15) is 12.0 Å². The van der Waals surface area contributed by atoms with Gasteiger partial charge in [0.05, 0.1) is 11.8 Å². The molecule has 0 spiro atoms. The zero-order chi connectivity index (χ0) is 13.4. The van der Waals surface area contributed by atoms with Crippen molar-refractivity contribution in [1.82, 2.24) is 5.32 Å². The van der Waals surface area contributed by atoms with Gasteiger partial charge >= 0.3 is 0 Å². The molecule has 3 N–H and O–H groups in total. The molecule has 1 saturated carbocycles. The molecule has 1 fully saturated rings. The lowest BCUT2D eigenvalue weighted by atomic mass is 9.78. The maximum atomic E-state index is 4.68. The van der Waals surface area contributed by atoms with Crippen molar-refractivity contribution in [2.24, 2.45) is 21.9 Å². The van der Waals surface area contributed by atoms with Crippen molar-refractivity contribution < 1.29 is 5.43 Å². The third kappa shape index (κ3) is 2.04. The standard InChI is InChI=1S/C16H20N4/c1-2-4-11(5-3-1)12-6-14-15(13-8-19-20-9-13)10-18-16(14)17-7-12/h7-11,14H,1-6H2,(H,17,18)(H,19,20)/p+1. The molecule has 4 aliphatic rings. The highest BCUT2D eigenvalue weighted by molar-refractivity contribution is 5.97. The normalized spacial score (nSPS) is 29.3. The molecule has 0 aromatic heterocycles. The highest BCUT2D eigenvalue weighted by Gasteiger charge is 2.33. The third-order valence-corrected chi connectivity index (χ3v) is 4.91. The second kappa shape index (κ2) is 5.02. The molecule has 4 rings (SSSR count). The van der Waals surface area contributed by atoms with Gasteiger partial charge < -0.3 is 5.32 Å². The van der Waals surface area contributed by atoms with Gasteiger partial charge in [0.2, 0.25) is 0 Å². The van der Waals surface area contributed by atoms with Gasteiger partial charge in [-0.15, -0.1) is 0 Å². The van der Waals surface area contributed by atoms with Crippen molar-refractivity contribution in [1.29, 1.82) is 0 Å². The number of nitrogens with zero attached hydrogens (tertiary/aromatic N) is 2. The van der Waals surface area contributed by atoms with Gasteiger partial charge in [-0.3, -0.25) is 0 Å². The average Bonchev–Trinajstić information content (AvgIpc) is 3.16. The van der Waals surface area contributed by atoms with Crippen LogP contribution in [0.15, 0.2) is 45.4 Å². The molecule has 0 radical (unpaired) electrons. The first kappa shape index (κ1) is 12.1. The summed E-state index contributed by atoms with van der Waals surface area (Å²) in [7, 11) is 0. The molecule has 1 atom stereocenters. The Morgan fingerprint density at radius 3 is 2.90 bits per heavy atom. The highest BCUT2D eigenvalue weighted by atomic mass is 15.3. The zero-order valence-corrected chi connectivity index (χ0v) is 11.7. The molecule has 104 valence electrons. The van der Waals surface area contributed by atoms with E-state index in [1.165, 1.54) is 43.3 Å². The first-order chi connectivity index (χ1) is 9.92. The summed E-state index contributed by atoms with van der Waals surface area (Å²) in [6.07, 6.45) is 16.3. The third-order valence-electron chi connectivity index (χ3n) is 4.91. The maximum Gasteiger partial charge on any atom is 0.128 e. The van der Waals surface area contributed by atoms with Gasteiger partial charge in [0, 0.05) is 18.3 Å². The fourth-order valence-electron chi connectivity index (χ4n) is 3.77. The van der Waals surface area contributed by atoms with E-state index in [1.807, 2.05) is 11.6 Å². The van der Waals surface area contributed by atoms with Gasteiger partial charge in [-0.2, -0.15) is 5.43 Å². The van der Waals surface area contributed by atoms with Crippen LogP contribution in [0.2, 0.25) is 0 Å². The largest absolute Gasteiger partial charge is 0.349 e. The van der Waals surface area contributed by atoms with Crippen molar-refractivity contribution in [3.05, 3.63) is 35.3 Å². The monoisotopic (exact) mass is 269 g/mol. The predicted octanol–water partition coefficient (Wildman–Crippen LogP) is 1.80. The fourth-order valence-corrected chi connectivity index (χ4v) is 3.77. The maximum absolute atomic E-state index is 4.68. The lowest BCUT2D eigenvalue weighted by molar-refractivity contribution is -0.590. The molecule has 1 unspecified atom stereocenters. The first-order valence-electron chi connectivity index (χ1n) is 7.72. The molecule has 0 bridgehead atoms. The second-order valence-corrected chi connectivity index (χ2v) is 6.10. The molecule has 20 heavy (non-hydrogen) atoms. The summed E-state index contributed by atoms with van der Waals surface area (Å²) in [6, 6.07) is 0. The van der Waals surface area contributed by atoms with Crippen molar-refractivity contribution in [2.75, 3.05) is 0 Å². The summed E-state index contributed by atoms with van der Waals surface area (Å²) in [5.41, 5.74) is 6.01. The molecule has 0 aromatic carbocycles. The van der Waals surface area contributed by atoms with E-state index in [-0.39, 0.29) is 0 Å². The van der Waals surface area contributed by atoms with Crippen LogP contribution >= 0.6 is 0 Å². The zero-order valence-electron chi connectivity index (χ0n) is 11.7. The van der Waals surface area contributed by atoms with E-state index in [1.54, 1.807) is 5.57 Å². The Hall–Kier alpha value is -1.68. The Balaban J connectivity index is 1.55. The van der Waals surface area contributed by atoms with Crippen molar-refractivity contribution in [3.63, 3.8) is 0 Å². The van der Waals surface area contributed by atoms with Gasteiger partial charge in [0.15, 0.2) is 0 Å². The van der Waals surface area contributed by atoms with E-state index >= 15 is 0 Å². The molecular formula is C16H21N4+. The number of fused-ring (bicyclic) bond motifs is 1. The molecule has 4 heteroatoms. The van der Waals surface area contributed by atoms with Gasteiger partial charge in [-0.1, -0.05) is 24.4 Å². The van der Waals surface area contributed by atoms with Crippen LogP contribution in [0, 0.1) is 11.8 Å². The van der Waals surface area contributed by atoms with Crippen LogP contribution in [0.4, 0.5) is 0 Å². The Bertz CT molecular complexity index is 559. The highest BCUT2D eigenvalue weighted by Crippen LogP contribution is 2.39. The topological polar surface area (TPSA) is 53.4 Å². The molecule has 1 aliphatic carbocycles. The predicted molar refractivity (Wildman–Crippen MR) is 79.9 cm³/mol. The van der Waals surface area contributed by atoms with Crippen molar-refractivity contribution in [3.8, 4) is 0 Å². The summed E-state index contributed by atoms with van der Waals surface area (Å²) in [4.78, 5) is 4.68. The van der Waals surface area contributed by atoms with Crippen LogP contribution < -0.4 is 10.7 Å². The molecule has 4 nitrogen and oxygen atoms in total. The lowest BCUT2D eigenvalue weighted by Crippen LogP contribution is -2.69. The van der Waals surface area contributed by atoms with Crippen LogP contribution in [0.3, 0.4) is 0 Å². The minimum absolute atomic E-state index is 0.418. The van der Waals surface area contributed by atoms with E-state index in [4.69, 9.17) is 0 Å².